The molecule has 0 saturated heterocycles. The van der Waals surface area contributed by atoms with Crippen molar-refractivity contribution >= 4 is 40.8 Å². The zero-order valence-corrected chi connectivity index (χ0v) is 16.6. The van der Waals surface area contributed by atoms with Crippen LogP contribution in [0.2, 0.25) is 0 Å². The van der Waals surface area contributed by atoms with E-state index in [0.717, 1.165) is 33.3 Å². The van der Waals surface area contributed by atoms with Crippen LogP contribution in [0.5, 0.6) is 11.8 Å². The van der Waals surface area contributed by atoms with Gasteiger partial charge in [-0.3, -0.25) is 5.32 Å². The highest BCUT2D eigenvalue weighted by Crippen LogP contribution is 2.28. The number of nitrogens with one attached hydrogen (secondary N) is 2. The van der Waals surface area contributed by atoms with Gasteiger partial charge in [0, 0.05) is 16.2 Å². The van der Waals surface area contributed by atoms with E-state index < -0.39 is 6.03 Å². The van der Waals surface area contributed by atoms with Crippen molar-refractivity contribution in [3.05, 3.63) is 35.9 Å². The van der Waals surface area contributed by atoms with Crippen LogP contribution in [0.3, 0.4) is 0 Å². The first kappa shape index (κ1) is 20.0. The molecule has 148 valence electrons. The highest BCUT2D eigenvalue weighted by Gasteiger charge is 2.15. The molecule has 3 rings (SSSR count). The summed E-state index contributed by atoms with van der Waals surface area (Å²) in [5, 5.41) is 7.26. The number of amides is 2. The third kappa shape index (κ3) is 5.41. The number of methoxy groups -OCH3 is 2. The lowest BCUT2D eigenvalue weighted by Crippen LogP contribution is -2.28. The molecule has 0 saturated carbocycles. The SMILES string of the molecule is COc1cc(OC)nc(NC(=O)NOSc2ccccc2C2=NOCCS2)n1. The summed E-state index contributed by atoms with van der Waals surface area (Å²) in [5.74, 6) is 1.33. The summed E-state index contributed by atoms with van der Waals surface area (Å²) in [6.45, 7) is 0.582. The number of urea groups is 1. The second kappa shape index (κ2) is 10.0. The van der Waals surface area contributed by atoms with Crippen molar-refractivity contribution in [1.82, 2.24) is 15.4 Å². The maximum atomic E-state index is 12.0. The van der Waals surface area contributed by atoms with E-state index in [0.29, 0.717) is 6.61 Å². The highest BCUT2D eigenvalue weighted by molar-refractivity contribution is 8.14. The molecule has 0 unspecified atom stereocenters. The van der Waals surface area contributed by atoms with E-state index in [1.54, 1.807) is 11.8 Å². The van der Waals surface area contributed by atoms with E-state index in [4.69, 9.17) is 18.6 Å². The van der Waals surface area contributed by atoms with E-state index >= 15 is 0 Å². The second-order valence-corrected chi connectivity index (χ2v) is 6.93. The molecule has 0 spiro atoms. The zero-order chi connectivity index (χ0) is 19.8. The van der Waals surface area contributed by atoms with Crippen molar-refractivity contribution < 1.29 is 23.4 Å². The molecule has 1 aromatic heterocycles. The summed E-state index contributed by atoms with van der Waals surface area (Å²) in [6.07, 6.45) is 0. The maximum Gasteiger partial charge on any atom is 0.346 e. The second-order valence-electron chi connectivity index (χ2n) is 5.07. The van der Waals surface area contributed by atoms with Gasteiger partial charge in [-0.15, -0.1) is 0 Å². The van der Waals surface area contributed by atoms with E-state index in [1.165, 1.54) is 20.3 Å². The number of hydrogen-bond donors (Lipinski definition) is 2. The summed E-state index contributed by atoms with van der Waals surface area (Å²) < 4.78 is 15.3. The van der Waals surface area contributed by atoms with Gasteiger partial charge >= 0.3 is 6.03 Å². The number of nitrogens with zero attached hydrogens (tertiary/aromatic N) is 3. The Labute approximate surface area is 169 Å². The smallest absolute Gasteiger partial charge is 0.346 e. The molecule has 2 N–H and O–H groups in total. The predicted octanol–water partition coefficient (Wildman–Crippen LogP) is 2.68. The monoisotopic (exact) mass is 423 g/mol. The molecule has 1 aliphatic heterocycles. The molecule has 1 aromatic carbocycles. The van der Waals surface area contributed by atoms with Crippen molar-refractivity contribution in [3.63, 3.8) is 0 Å². The number of carbonyl (C=O) groups excluding carboxylic acids is 1. The zero-order valence-electron chi connectivity index (χ0n) is 15.0. The number of hydrogen-bond acceptors (Lipinski definition) is 10. The Hall–Kier alpha value is -2.70. The Balaban J connectivity index is 1.57. The van der Waals surface area contributed by atoms with Gasteiger partial charge in [0.25, 0.3) is 0 Å². The average molecular weight is 423 g/mol. The fraction of sp³-hybridized carbons (Fsp3) is 0.250. The van der Waals surface area contributed by atoms with Crippen molar-refractivity contribution in [2.45, 2.75) is 4.90 Å². The molecule has 2 heterocycles. The Morgan fingerprint density at radius 3 is 2.64 bits per heavy atom. The van der Waals surface area contributed by atoms with Crippen LogP contribution in [0.1, 0.15) is 5.56 Å². The van der Waals surface area contributed by atoms with Crippen molar-refractivity contribution in [2.75, 3.05) is 31.9 Å². The van der Waals surface area contributed by atoms with Gasteiger partial charge in [0.2, 0.25) is 17.7 Å². The number of rotatable bonds is 7. The molecule has 0 fully saturated rings. The molecule has 0 bridgehead atoms. The Morgan fingerprint density at radius 1 is 1.21 bits per heavy atom. The summed E-state index contributed by atoms with van der Waals surface area (Å²) in [6, 6.07) is 8.34. The number of ether oxygens (including phenoxy) is 2. The van der Waals surface area contributed by atoms with Gasteiger partial charge in [-0.25, -0.2) is 10.3 Å². The minimum Gasteiger partial charge on any atom is -0.481 e. The number of carbonyl (C=O) groups is 1. The summed E-state index contributed by atoms with van der Waals surface area (Å²) in [7, 11) is 2.89. The van der Waals surface area contributed by atoms with Crippen molar-refractivity contribution in [2.24, 2.45) is 5.16 Å². The summed E-state index contributed by atoms with van der Waals surface area (Å²) in [4.78, 5) is 25.9. The molecule has 1 aliphatic rings. The molecule has 2 amide bonds. The van der Waals surface area contributed by atoms with Gasteiger partial charge in [-0.2, -0.15) is 14.3 Å². The van der Waals surface area contributed by atoms with E-state index in [9.17, 15) is 4.79 Å². The molecule has 10 nitrogen and oxygen atoms in total. The van der Waals surface area contributed by atoms with E-state index in [2.05, 4.69) is 25.9 Å². The average Bonchev–Trinajstić information content (AvgIpc) is 2.74. The first-order valence-corrected chi connectivity index (χ1v) is 9.72. The third-order valence-corrected chi connectivity index (χ3v) is 4.91. The molecule has 2 aromatic rings. The van der Waals surface area contributed by atoms with Gasteiger partial charge in [0.15, 0.2) is 0 Å². The lowest BCUT2D eigenvalue weighted by atomic mass is 10.2. The lowest BCUT2D eigenvalue weighted by molar-refractivity contribution is 0.160. The maximum absolute atomic E-state index is 12.0. The number of oxime groups is 1. The number of aromatic nitrogens is 2. The summed E-state index contributed by atoms with van der Waals surface area (Å²) >= 11 is 2.58. The van der Waals surface area contributed by atoms with Crippen molar-refractivity contribution in [3.8, 4) is 11.8 Å². The van der Waals surface area contributed by atoms with Crippen LogP contribution < -0.4 is 20.3 Å². The number of hydroxylamine groups is 1. The Morgan fingerprint density at radius 2 is 1.96 bits per heavy atom. The third-order valence-electron chi connectivity index (χ3n) is 3.27. The molecular formula is C16H17N5O5S2. The van der Waals surface area contributed by atoms with Gasteiger partial charge in [0.05, 0.1) is 32.3 Å². The summed E-state index contributed by atoms with van der Waals surface area (Å²) in [5.41, 5.74) is 3.12. The standard InChI is InChI=1S/C16H17N5O5S2/c1-23-12-9-13(24-2)18-15(17-12)19-16(22)21-26-28-11-6-4-3-5-10(11)14-20-25-7-8-27-14/h3-6,9H,7-8H2,1-2H3,(H2,17,18,19,21,22). The first-order valence-electron chi connectivity index (χ1n) is 7.99. The predicted molar refractivity (Wildman–Crippen MR) is 106 cm³/mol. The van der Waals surface area contributed by atoms with Gasteiger partial charge < -0.3 is 14.3 Å². The largest absolute Gasteiger partial charge is 0.481 e. The van der Waals surface area contributed by atoms with Crippen molar-refractivity contribution in [1.29, 1.82) is 0 Å². The van der Waals surface area contributed by atoms with Crippen LogP contribution in [-0.2, 0) is 9.12 Å². The Kier molecular flexibility index (Phi) is 7.17. The van der Waals surface area contributed by atoms with Gasteiger partial charge in [0.1, 0.15) is 11.7 Å². The van der Waals surface area contributed by atoms with E-state index in [1.807, 2.05) is 24.3 Å². The number of benzene rings is 1. The quantitative estimate of drug-likeness (QED) is 0.512. The van der Waals surface area contributed by atoms with Crippen LogP contribution in [0, 0.1) is 0 Å². The van der Waals surface area contributed by atoms with Gasteiger partial charge in [-0.1, -0.05) is 35.1 Å². The normalized spacial score (nSPS) is 13.1. The highest BCUT2D eigenvalue weighted by atomic mass is 32.2. The molecule has 12 heteroatoms. The molecule has 0 radical (unpaired) electrons. The fourth-order valence-corrected chi connectivity index (χ4v) is 3.50. The topological polar surface area (TPSA) is 116 Å². The minimum atomic E-state index is -0.659. The molecule has 28 heavy (non-hydrogen) atoms. The number of anilines is 1. The molecule has 0 aliphatic carbocycles. The van der Waals surface area contributed by atoms with Crippen LogP contribution >= 0.6 is 23.8 Å². The molecular weight excluding hydrogens is 406 g/mol. The fourth-order valence-electron chi connectivity index (χ4n) is 2.05. The van der Waals surface area contributed by atoms with Gasteiger partial charge in [-0.05, 0) is 6.07 Å². The van der Waals surface area contributed by atoms with Crippen LogP contribution in [0.15, 0.2) is 40.4 Å². The Bertz CT molecular complexity index is 845. The van der Waals surface area contributed by atoms with Crippen LogP contribution in [-0.4, -0.2) is 47.6 Å². The number of thioether (sulfide) groups is 1. The van der Waals surface area contributed by atoms with E-state index in [-0.39, 0.29) is 17.7 Å². The minimum absolute atomic E-state index is 0.00723. The van der Waals surface area contributed by atoms with Crippen LogP contribution in [0.25, 0.3) is 0 Å². The molecule has 0 atom stereocenters. The lowest BCUT2D eigenvalue weighted by Gasteiger charge is -2.14. The van der Waals surface area contributed by atoms with Crippen LogP contribution in [0.4, 0.5) is 10.7 Å². The first-order chi connectivity index (χ1) is 13.7.